The molecule has 1 aliphatic rings. The lowest BCUT2D eigenvalue weighted by Gasteiger charge is -2.51. The van der Waals surface area contributed by atoms with Gasteiger partial charge in [-0.15, -0.1) is 23.5 Å². The number of benzene rings is 3. The molecule has 0 aliphatic carbocycles. The van der Waals surface area contributed by atoms with Crippen molar-refractivity contribution in [3.63, 3.8) is 0 Å². The average Bonchev–Trinajstić information content (AvgIpc) is 3.04. The van der Waals surface area contributed by atoms with Gasteiger partial charge in [0.1, 0.15) is 6.29 Å². The number of carbonyl (C=O) groups is 1. The second-order valence-corrected chi connectivity index (χ2v) is 25.6. The highest BCUT2D eigenvalue weighted by Crippen LogP contribution is 2.49. The van der Waals surface area contributed by atoms with E-state index in [4.69, 9.17) is 8.85 Å². The Kier molecular flexibility index (Phi) is 12.1. The molecule has 0 radical (unpaired) electrons. The second kappa shape index (κ2) is 15.1. The SMILES string of the molecule is C[C@H]([C@@H](O[Si](C)(C)C(C)(C)C)[C@@H](C)C=O)[C@@H](O[Si](c1ccccc1)(c1ccccc1)c1ccccc1)C(C)(C)C1SCCCS1. The zero-order valence-corrected chi connectivity index (χ0v) is 32.4. The summed E-state index contributed by atoms with van der Waals surface area (Å²) < 4.78 is 15.7. The lowest BCUT2D eigenvalue weighted by atomic mass is 9.77. The molecule has 4 atom stereocenters. The third-order valence-corrected chi connectivity index (χ3v) is 22.2. The lowest BCUT2D eigenvalue weighted by molar-refractivity contribution is -0.116. The van der Waals surface area contributed by atoms with Crippen molar-refractivity contribution in [2.45, 2.75) is 89.8 Å². The van der Waals surface area contributed by atoms with E-state index in [2.05, 4.69) is 169 Å². The van der Waals surface area contributed by atoms with Gasteiger partial charge in [-0.1, -0.05) is 139 Å². The predicted molar refractivity (Wildman–Crippen MR) is 202 cm³/mol. The summed E-state index contributed by atoms with van der Waals surface area (Å²) in [5, 5.41) is 3.70. The molecule has 0 aromatic heterocycles. The van der Waals surface area contributed by atoms with Gasteiger partial charge in [0.2, 0.25) is 0 Å². The molecular weight excluding hydrogens is 625 g/mol. The van der Waals surface area contributed by atoms with Crippen molar-refractivity contribution >= 4 is 62.0 Å². The normalized spacial score (nSPS) is 18.2. The molecule has 4 rings (SSSR count). The Hall–Kier alpha value is -1.62. The van der Waals surface area contributed by atoms with Crippen LogP contribution in [0.25, 0.3) is 0 Å². The van der Waals surface area contributed by atoms with Crippen LogP contribution >= 0.6 is 23.5 Å². The highest BCUT2D eigenvalue weighted by atomic mass is 32.2. The zero-order valence-electron chi connectivity index (χ0n) is 28.8. The van der Waals surface area contributed by atoms with Gasteiger partial charge < -0.3 is 13.6 Å². The van der Waals surface area contributed by atoms with Crippen molar-refractivity contribution in [2.24, 2.45) is 17.3 Å². The first kappa shape index (κ1) is 36.2. The monoisotopic (exact) mass is 678 g/mol. The van der Waals surface area contributed by atoms with E-state index < -0.39 is 16.6 Å². The van der Waals surface area contributed by atoms with Crippen LogP contribution in [0.5, 0.6) is 0 Å². The topological polar surface area (TPSA) is 35.5 Å². The van der Waals surface area contributed by atoms with E-state index in [0.29, 0.717) is 4.58 Å². The van der Waals surface area contributed by atoms with E-state index >= 15 is 0 Å². The Morgan fingerprint density at radius 1 is 0.733 bits per heavy atom. The average molecular weight is 679 g/mol. The van der Waals surface area contributed by atoms with Gasteiger partial charge in [-0.3, -0.25) is 0 Å². The van der Waals surface area contributed by atoms with Gasteiger partial charge in [-0.05, 0) is 51.6 Å². The fourth-order valence-electron chi connectivity index (χ4n) is 6.36. The molecule has 3 aromatic carbocycles. The minimum Gasteiger partial charge on any atom is -0.413 e. The molecular formula is C38H54O3S2Si2. The molecule has 0 spiro atoms. The van der Waals surface area contributed by atoms with Crippen LogP contribution in [0.3, 0.4) is 0 Å². The summed E-state index contributed by atoms with van der Waals surface area (Å²) in [5.41, 5.74) is -0.219. The number of thioether (sulfide) groups is 2. The fourth-order valence-corrected chi connectivity index (χ4v) is 15.4. The maximum Gasteiger partial charge on any atom is 0.288 e. The minimum absolute atomic E-state index is 0.0190. The quantitative estimate of drug-likeness (QED) is 0.104. The van der Waals surface area contributed by atoms with Crippen molar-refractivity contribution in [3.8, 4) is 0 Å². The van der Waals surface area contributed by atoms with Crippen molar-refractivity contribution in [1.82, 2.24) is 0 Å². The maximum absolute atomic E-state index is 12.6. The smallest absolute Gasteiger partial charge is 0.288 e. The summed E-state index contributed by atoms with van der Waals surface area (Å²) in [6.45, 7) is 20.6. The first-order valence-electron chi connectivity index (χ1n) is 16.5. The van der Waals surface area contributed by atoms with E-state index in [0.717, 1.165) is 17.8 Å². The first-order valence-corrected chi connectivity index (χ1v) is 23.4. The molecule has 45 heavy (non-hydrogen) atoms. The van der Waals surface area contributed by atoms with Crippen LogP contribution in [0.4, 0.5) is 0 Å². The first-order chi connectivity index (χ1) is 21.3. The number of rotatable bonds is 13. The van der Waals surface area contributed by atoms with E-state index in [1.807, 2.05) is 6.92 Å². The van der Waals surface area contributed by atoms with Gasteiger partial charge in [0.05, 0.1) is 16.8 Å². The summed E-state index contributed by atoms with van der Waals surface area (Å²) in [4.78, 5) is 12.6. The van der Waals surface area contributed by atoms with Crippen molar-refractivity contribution in [1.29, 1.82) is 0 Å². The van der Waals surface area contributed by atoms with E-state index in [-0.39, 0.29) is 34.5 Å². The van der Waals surface area contributed by atoms with Gasteiger partial charge in [0, 0.05) is 17.3 Å². The van der Waals surface area contributed by atoms with Gasteiger partial charge in [0.15, 0.2) is 8.32 Å². The molecule has 3 aromatic rings. The number of hydrogen-bond acceptors (Lipinski definition) is 5. The molecule has 244 valence electrons. The molecule has 3 nitrogen and oxygen atoms in total. The highest BCUT2D eigenvalue weighted by Gasteiger charge is 2.53. The minimum atomic E-state index is -3.06. The number of carbonyl (C=O) groups excluding carboxylic acids is 1. The Labute approximate surface area is 283 Å². The largest absolute Gasteiger partial charge is 0.413 e. The van der Waals surface area contributed by atoms with E-state index in [9.17, 15) is 4.79 Å². The molecule has 0 unspecified atom stereocenters. The summed E-state index contributed by atoms with van der Waals surface area (Å²) in [5.74, 6) is 2.02. The van der Waals surface area contributed by atoms with Crippen LogP contribution in [-0.4, -0.2) is 51.2 Å². The molecule has 0 bridgehead atoms. The fraction of sp³-hybridized carbons (Fsp3) is 0.500. The Balaban J connectivity index is 1.97. The van der Waals surface area contributed by atoms with Gasteiger partial charge in [-0.25, -0.2) is 0 Å². The van der Waals surface area contributed by atoms with Crippen LogP contribution in [0, 0.1) is 17.3 Å². The maximum atomic E-state index is 12.6. The third kappa shape index (κ3) is 7.93. The summed E-state index contributed by atoms with van der Waals surface area (Å²) in [6, 6.07) is 32.6. The molecule has 1 heterocycles. The highest BCUT2D eigenvalue weighted by molar-refractivity contribution is 8.17. The number of hydrogen-bond donors (Lipinski definition) is 0. The van der Waals surface area contributed by atoms with Crippen LogP contribution in [0.2, 0.25) is 18.1 Å². The second-order valence-electron chi connectivity index (χ2n) is 14.8. The van der Waals surface area contributed by atoms with E-state index in [1.165, 1.54) is 22.0 Å². The van der Waals surface area contributed by atoms with E-state index in [1.54, 1.807) is 0 Å². The molecule has 0 N–H and O–H groups in total. The predicted octanol–water partition coefficient (Wildman–Crippen LogP) is 8.12. The van der Waals surface area contributed by atoms with Crippen molar-refractivity contribution < 1.29 is 13.6 Å². The van der Waals surface area contributed by atoms with Crippen LogP contribution < -0.4 is 15.6 Å². The van der Waals surface area contributed by atoms with Gasteiger partial charge in [-0.2, -0.15) is 0 Å². The van der Waals surface area contributed by atoms with Crippen LogP contribution in [0.15, 0.2) is 91.0 Å². The molecule has 0 amide bonds. The Morgan fingerprint density at radius 2 is 1.16 bits per heavy atom. The standard InChI is InChI=1S/C38H54O3S2Si2/c1-29(28-39)34(40-44(8,9)37(3,4)5)30(2)35(38(6,7)36-42-26-19-27-43-36)41-45(31-20-13-10-14-21-31,32-22-15-11-16-23-32)33-24-17-12-18-25-33/h10-18,20-25,28-30,34-36H,19,26-27H2,1-9H3/t29-,30+,34-,35+/m0/s1. The molecule has 1 fully saturated rings. The molecule has 1 saturated heterocycles. The molecule has 0 saturated carbocycles. The van der Waals surface area contributed by atoms with Crippen molar-refractivity contribution in [2.75, 3.05) is 11.5 Å². The van der Waals surface area contributed by atoms with Gasteiger partial charge in [0.25, 0.3) is 8.32 Å². The lowest BCUT2D eigenvalue weighted by Crippen LogP contribution is -2.72. The summed E-state index contributed by atoms with van der Waals surface area (Å²) >= 11 is 4.14. The van der Waals surface area contributed by atoms with Gasteiger partial charge >= 0.3 is 0 Å². The Morgan fingerprint density at radius 3 is 1.53 bits per heavy atom. The summed E-state index contributed by atoms with van der Waals surface area (Å²) in [6.07, 6.45) is 1.88. The van der Waals surface area contributed by atoms with Crippen LogP contribution in [0.1, 0.15) is 54.9 Å². The third-order valence-electron chi connectivity index (χ3n) is 9.98. The summed E-state index contributed by atoms with van der Waals surface area (Å²) in [7, 11) is -5.28. The van der Waals surface area contributed by atoms with Crippen LogP contribution in [-0.2, 0) is 13.6 Å². The number of aldehydes is 1. The van der Waals surface area contributed by atoms with Crippen molar-refractivity contribution in [3.05, 3.63) is 91.0 Å². The molecule has 1 aliphatic heterocycles. The Bertz CT molecular complexity index is 1240. The zero-order chi connectivity index (χ0) is 32.9. The molecule has 7 heteroatoms.